The van der Waals surface area contributed by atoms with Crippen LogP contribution in [0.25, 0.3) is 100 Å². The first-order chi connectivity index (χ1) is 30.8. The van der Waals surface area contributed by atoms with Gasteiger partial charge in [-0.3, -0.25) is 9.55 Å². The minimum atomic E-state index is -2.32. The van der Waals surface area contributed by atoms with Gasteiger partial charge >= 0.3 is 0 Å². The number of hydrogen-bond donors (Lipinski definition) is 1. The summed E-state index contributed by atoms with van der Waals surface area (Å²) in [5.74, 6) is 0.603. The number of aryl methyl sites for hydroxylation is 1. The van der Waals surface area contributed by atoms with E-state index >= 15 is 0 Å². The molecule has 11 rings (SSSR count). The molecule has 0 bridgehead atoms. The molecule has 0 radical (unpaired) electrons. The molecule has 0 atom stereocenters. The van der Waals surface area contributed by atoms with Crippen LogP contribution in [0.5, 0.6) is 5.75 Å². The average Bonchev–Trinajstić information content (AvgIpc) is 3.88. The van der Waals surface area contributed by atoms with Crippen LogP contribution in [0, 0.1) is 6.85 Å². The number of hydrogen-bond acceptors (Lipinski definition) is 3. The van der Waals surface area contributed by atoms with Crippen molar-refractivity contribution < 1.29 is 9.22 Å². The molecule has 0 aliphatic rings. The van der Waals surface area contributed by atoms with E-state index in [4.69, 9.17) is 14.1 Å². The highest BCUT2D eigenvalue weighted by molar-refractivity contribution is 6.16. The predicted octanol–water partition coefficient (Wildman–Crippen LogP) is 13.9. The third-order valence-electron chi connectivity index (χ3n) is 11.4. The van der Waals surface area contributed by atoms with Crippen molar-refractivity contribution in [1.82, 2.24) is 19.1 Å². The molecule has 284 valence electrons. The van der Waals surface area contributed by atoms with Gasteiger partial charge in [0.05, 0.1) is 39.0 Å². The summed E-state index contributed by atoms with van der Waals surface area (Å²) >= 11 is 0. The quantitative estimate of drug-likeness (QED) is 0.175. The van der Waals surface area contributed by atoms with Crippen LogP contribution in [-0.2, 0) is 0 Å². The normalized spacial score (nSPS) is 12.4. The van der Waals surface area contributed by atoms with Crippen molar-refractivity contribution in [2.45, 2.75) is 6.85 Å². The van der Waals surface area contributed by atoms with Gasteiger partial charge in [-0.25, -0.2) is 4.98 Å². The number of pyridine rings is 1. The van der Waals surface area contributed by atoms with Gasteiger partial charge < -0.3 is 9.67 Å². The Kier molecular flexibility index (Phi) is 7.69. The van der Waals surface area contributed by atoms with E-state index in [0.717, 1.165) is 88.9 Å². The second-order valence-electron chi connectivity index (χ2n) is 15.0. The van der Waals surface area contributed by atoms with Crippen molar-refractivity contribution in [3.05, 3.63) is 212 Å². The lowest BCUT2D eigenvalue weighted by Crippen LogP contribution is -2.01. The SMILES string of the molecule is [2H]C([2H])([2H])c1ccc(-n2c(-c3ccccc3O)nc3c(-c4cc(-c5cc(-c6ccccc6)ccn5)c5c(c4)c4ccccc4n5-c4ccccc4)cccc32)c(-c2ccccc2)c1. The molecule has 0 saturated carbocycles. The first-order valence-corrected chi connectivity index (χ1v) is 20.0. The Morgan fingerprint density at radius 2 is 1.18 bits per heavy atom. The molecular formula is C55H38N4O. The number of fused-ring (bicyclic) bond motifs is 4. The zero-order chi connectivity index (χ0) is 42.7. The van der Waals surface area contributed by atoms with Crippen LogP contribution >= 0.6 is 0 Å². The summed E-state index contributed by atoms with van der Waals surface area (Å²) in [5.41, 5.74) is 13.6. The third-order valence-corrected chi connectivity index (χ3v) is 11.4. The van der Waals surface area contributed by atoms with Crippen molar-refractivity contribution in [1.29, 1.82) is 0 Å². The van der Waals surface area contributed by atoms with Gasteiger partial charge in [-0.1, -0.05) is 133 Å². The summed E-state index contributed by atoms with van der Waals surface area (Å²) in [6.07, 6.45) is 1.88. The van der Waals surface area contributed by atoms with E-state index in [1.165, 1.54) is 0 Å². The van der Waals surface area contributed by atoms with E-state index in [1.807, 2.05) is 83.6 Å². The molecule has 5 nitrogen and oxygen atoms in total. The van der Waals surface area contributed by atoms with Gasteiger partial charge in [0.25, 0.3) is 0 Å². The van der Waals surface area contributed by atoms with Gasteiger partial charge in [0.1, 0.15) is 11.6 Å². The van der Waals surface area contributed by atoms with Crippen molar-refractivity contribution in [2.75, 3.05) is 0 Å². The van der Waals surface area contributed by atoms with Crippen molar-refractivity contribution in [2.24, 2.45) is 0 Å². The minimum absolute atomic E-state index is 0.0813. The van der Waals surface area contributed by atoms with Crippen LogP contribution in [0.1, 0.15) is 9.68 Å². The fourth-order valence-electron chi connectivity index (χ4n) is 8.68. The zero-order valence-corrected chi connectivity index (χ0v) is 32.4. The van der Waals surface area contributed by atoms with Crippen LogP contribution in [0.4, 0.5) is 0 Å². The Balaban J connectivity index is 1.23. The fraction of sp³-hybridized carbons (Fsp3) is 0.0182. The fourth-order valence-corrected chi connectivity index (χ4v) is 8.68. The summed E-state index contributed by atoms with van der Waals surface area (Å²) in [4.78, 5) is 10.5. The molecule has 3 heterocycles. The second-order valence-corrected chi connectivity index (χ2v) is 15.0. The van der Waals surface area contributed by atoms with E-state index in [1.54, 1.807) is 24.3 Å². The Bertz CT molecular complexity index is 3500. The molecule has 0 amide bonds. The summed E-state index contributed by atoms with van der Waals surface area (Å²) in [7, 11) is 0. The first-order valence-electron chi connectivity index (χ1n) is 21.5. The Labute approximate surface area is 352 Å². The van der Waals surface area contributed by atoms with Crippen LogP contribution in [0.3, 0.4) is 0 Å². The number of para-hydroxylation sites is 4. The largest absolute Gasteiger partial charge is 0.507 e. The molecule has 1 N–H and O–H groups in total. The van der Waals surface area contributed by atoms with E-state index in [2.05, 4.69) is 108 Å². The van der Waals surface area contributed by atoms with Crippen molar-refractivity contribution >= 4 is 32.8 Å². The average molecular weight is 774 g/mol. The van der Waals surface area contributed by atoms with Gasteiger partial charge in [0.15, 0.2) is 0 Å². The predicted molar refractivity (Wildman–Crippen MR) is 247 cm³/mol. The smallest absolute Gasteiger partial charge is 0.149 e. The Morgan fingerprint density at radius 3 is 1.98 bits per heavy atom. The molecule has 60 heavy (non-hydrogen) atoms. The van der Waals surface area contributed by atoms with E-state index in [9.17, 15) is 5.11 Å². The van der Waals surface area contributed by atoms with Gasteiger partial charge in [0.2, 0.25) is 0 Å². The van der Waals surface area contributed by atoms with Gasteiger partial charge in [0, 0.05) is 43.5 Å². The van der Waals surface area contributed by atoms with E-state index in [0.29, 0.717) is 11.4 Å². The molecule has 0 unspecified atom stereocenters. The molecule has 0 spiro atoms. The van der Waals surface area contributed by atoms with Crippen LogP contribution < -0.4 is 0 Å². The Hall–Kier alpha value is -8.02. The van der Waals surface area contributed by atoms with Crippen molar-refractivity contribution in [3.63, 3.8) is 0 Å². The van der Waals surface area contributed by atoms with E-state index in [-0.39, 0.29) is 11.3 Å². The van der Waals surface area contributed by atoms with Crippen LogP contribution in [0.2, 0.25) is 0 Å². The number of aromatic nitrogens is 4. The summed E-state index contributed by atoms with van der Waals surface area (Å²) in [6, 6.07) is 66.5. The number of phenolic OH excluding ortho intramolecular Hbond substituents is 1. The van der Waals surface area contributed by atoms with Crippen LogP contribution in [-0.4, -0.2) is 24.2 Å². The summed E-state index contributed by atoms with van der Waals surface area (Å²) < 4.78 is 29.3. The lowest BCUT2D eigenvalue weighted by molar-refractivity contribution is 0.477. The highest BCUT2D eigenvalue weighted by Crippen LogP contribution is 2.44. The molecule has 0 fully saturated rings. The maximum absolute atomic E-state index is 11.4. The zero-order valence-electron chi connectivity index (χ0n) is 35.4. The topological polar surface area (TPSA) is 55.9 Å². The molecule has 0 aliphatic heterocycles. The lowest BCUT2D eigenvalue weighted by atomic mass is 9.95. The Morgan fingerprint density at radius 1 is 0.483 bits per heavy atom. The summed E-state index contributed by atoms with van der Waals surface area (Å²) in [5, 5.41) is 13.6. The lowest BCUT2D eigenvalue weighted by Gasteiger charge is -2.16. The number of nitrogens with zero attached hydrogens (tertiary/aromatic N) is 4. The highest BCUT2D eigenvalue weighted by atomic mass is 16.3. The first kappa shape index (κ1) is 32.0. The maximum atomic E-state index is 11.4. The molecule has 3 aromatic heterocycles. The standard InChI is InChI=1S/C55H38N4O/c1-36-28-29-50(45(32-36)38-18-7-3-8-19-38)59-51-26-15-24-42(53(51)57-55(59)44-23-12-14-27-52(44)60)40-33-46-43-22-11-13-25-49(43)58(41-20-9-4-10-21-41)54(46)47(34-40)48-35-39(30-31-56-48)37-16-5-2-6-17-37/h2-35,60H,1H3/i1D3. The number of benzene rings is 8. The minimum Gasteiger partial charge on any atom is -0.507 e. The number of imidazole rings is 1. The molecule has 0 aliphatic carbocycles. The second kappa shape index (κ2) is 14.4. The maximum Gasteiger partial charge on any atom is 0.149 e. The van der Waals surface area contributed by atoms with Gasteiger partial charge in [-0.05, 0) is 102 Å². The third kappa shape index (κ3) is 5.87. The number of aromatic hydroxyl groups is 1. The van der Waals surface area contributed by atoms with Gasteiger partial charge in [-0.15, -0.1) is 0 Å². The molecule has 0 saturated heterocycles. The monoisotopic (exact) mass is 773 g/mol. The molecule has 11 aromatic rings. The number of rotatable bonds is 7. The molecular weight excluding hydrogens is 733 g/mol. The number of phenols is 1. The molecule has 5 heteroatoms. The van der Waals surface area contributed by atoms with Gasteiger partial charge in [-0.2, -0.15) is 0 Å². The summed E-state index contributed by atoms with van der Waals surface area (Å²) in [6.45, 7) is -2.32. The van der Waals surface area contributed by atoms with E-state index < -0.39 is 6.85 Å². The molecule has 8 aromatic carbocycles. The highest BCUT2D eigenvalue weighted by Gasteiger charge is 2.24. The van der Waals surface area contributed by atoms with Crippen LogP contribution in [0.15, 0.2) is 206 Å². The van der Waals surface area contributed by atoms with Crippen molar-refractivity contribution in [3.8, 4) is 73.2 Å².